The van der Waals surface area contributed by atoms with E-state index in [2.05, 4.69) is 4.98 Å². The van der Waals surface area contributed by atoms with Crippen LogP contribution in [0.15, 0.2) is 24.3 Å². The Morgan fingerprint density at radius 2 is 1.85 bits per heavy atom. The van der Waals surface area contributed by atoms with Gasteiger partial charge in [-0.1, -0.05) is 0 Å². The highest BCUT2D eigenvalue weighted by molar-refractivity contribution is 5.45. The molecule has 0 aliphatic heterocycles. The van der Waals surface area contributed by atoms with E-state index in [0.29, 0.717) is 0 Å². The van der Waals surface area contributed by atoms with E-state index in [9.17, 15) is 8.78 Å². The van der Waals surface area contributed by atoms with E-state index in [1.807, 2.05) is 6.07 Å². The summed E-state index contributed by atoms with van der Waals surface area (Å²) < 4.78 is 31.6. The number of fused-ring (bicyclic) bond motifs is 1. The zero-order valence-electron chi connectivity index (χ0n) is 10.5. The van der Waals surface area contributed by atoms with Gasteiger partial charge in [0, 0.05) is 23.9 Å². The summed E-state index contributed by atoms with van der Waals surface area (Å²) in [6.07, 6.45) is 2.71. The molecule has 1 aromatic carbocycles. The van der Waals surface area contributed by atoms with Crippen molar-refractivity contribution in [2.24, 2.45) is 0 Å². The molecule has 1 aromatic heterocycles. The number of hydrogen-bond donors (Lipinski definition) is 0. The fourth-order valence-electron chi connectivity index (χ4n) is 2.31. The van der Waals surface area contributed by atoms with Crippen LogP contribution in [0.4, 0.5) is 8.78 Å². The van der Waals surface area contributed by atoms with E-state index in [1.165, 1.54) is 0 Å². The second-order valence-electron chi connectivity index (χ2n) is 4.62. The van der Waals surface area contributed by atoms with Gasteiger partial charge in [-0.2, -0.15) is 5.26 Å². The molecule has 5 heteroatoms. The van der Waals surface area contributed by atoms with Crippen LogP contribution in [0.25, 0.3) is 0 Å². The highest BCUT2D eigenvalue weighted by Crippen LogP contribution is 2.29. The van der Waals surface area contributed by atoms with Crippen LogP contribution in [-0.4, -0.2) is 4.98 Å². The molecule has 0 atom stereocenters. The number of nitriles is 1. The van der Waals surface area contributed by atoms with Crippen molar-refractivity contribution in [3.63, 3.8) is 0 Å². The molecule has 0 unspecified atom stereocenters. The van der Waals surface area contributed by atoms with Gasteiger partial charge in [0.2, 0.25) is 5.88 Å². The standard InChI is InChI=1S/C15H10F2N2O/c16-11-5-12(17)7-13(6-11)20-15-10(8-18)4-9-2-1-3-14(9)19-15/h4-7H,1-3H2. The SMILES string of the molecule is N#Cc1cc2c(nc1Oc1cc(F)cc(F)c1)CCC2. The summed E-state index contributed by atoms with van der Waals surface area (Å²) in [7, 11) is 0. The Morgan fingerprint density at radius 1 is 1.10 bits per heavy atom. The number of aryl methyl sites for hydroxylation is 2. The van der Waals surface area contributed by atoms with Crippen LogP contribution in [0, 0.1) is 23.0 Å². The first-order chi connectivity index (χ1) is 9.65. The zero-order valence-corrected chi connectivity index (χ0v) is 10.5. The Labute approximate surface area is 114 Å². The summed E-state index contributed by atoms with van der Waals surface area (Å²) in [5, 5.41) is 9.12. The van der Waals surface area contributed by atoms with Crippen LogP contribution < -0.4 is 4.74 Å². The number of pyridine rings is 1. The molecule has 1 aliphatic carbocycles. The van der Waals surface area contributed by atoms with Crippen molar-refractivity contribution in [2.45, 2.75) is 19.3 Å². The number of rotatable bonds is 2. The quantitative estimate of drug-likeness (QED) is 0.840. The molecular formula is C15H10F2N2O. The van der Waals surface area contributed by atoms with Gasteiger partial charge in [-0.05, 0) is 30.9 Å². The third kappa shape index (κ3) is 2.32. The number of aromatic nitrogens is 1. The number of halogens is 2. The molecule has 20 heavy (non-hydrogen) atoms. The summed E-state index contributed by atoms with van der Waals surface area (Å²) in [5.74, 6) is -1.39. The monoisotopic (exact) mass is 272 g/mol. The van der Waals surface area contributed by atoms with Gasteiger partial charge in [0.1, 0.15) is 29.0 Å². The highest BCUT2D eigenvalue weighted by Gasteiger charge is 2.18. The second kappa shape index (κ2) is 4.89. The second-order valence-corrected chi connectivity index (χ2v) is 4.62. The lowest BCUT2D eigenvalue weighted by Crippen LogP contribution is -1.98. The van der Waals surface area contributed by atoms with Crippen LogP contribution in [0.5, 0.6) is 11.6 Å². The molecule has 0 N–H and O–H groups in total. The van der Waals surface area contributed by atoms with E-state index < -0.39 is 11.6 Å². The Kier molecular flexibility index (Phi) is 3.07. The first kappa shape index (κ1) is 12.5. The van der Waals surface area contributed by atoms with Crippen molar-refractivity contribution in [3.8, 4) is 17.7 Å². The largest absolute Gasteiger partial charge is 0.437 e. The lowest BCUT2D eigenvalue weighted by Gasteiger charge is -2.09. The maximum Gasteiger partial charge on any atom is 0.237 e. The van der Waals surface area contributed by atoms with Crippen LogP contribution in [0.3, 0.4) is 0 Å². The lowest BCUT2D eigenvalue weighted by molar-refractivity contribution is 0.448. The molecule has 0 radical (unpaired) electrons. The molecule has 0 bridgehead atoms. The van der Waals surface area contributed by atoms with Gasteiger partial charge in [-0.3, -0.25) is 0 Å². The molecule has 1 aliphatic rings. The molecule has 0 saturated carbocycles. The Balaban J connectivity index is 2.00. The van der Waals surface area contributed by atoms with E-state index in [0.717, 1.165) is 48.7 Å². The van der Waals surface area contributed by atoms with Crippen LogP contribution in [-0.2, 0) is 12.8 Å². The topological polar surface area (TPSA) is 45.9 Å². The number of ether oxygens (including phenoxy) is 1. The van der Waals surface area contributed by atoms with Gasteiger partial charge in [0.15, 0.2) is 0 Å². The summed E-state index contributed by atoms with van der Waals surface area (Å²) in [4.78, 5) is 4.29. The number of hydrogen-bond acceptors (Lipinski definition) is 3. The van der Waals surface area contributed by atoms with Gasteiger partial charge in [-0.15, -0.1) is 0 Å². The molecule has 1 heterocycles. The van der Waals surface area contributed by atoms with Gasteiger partial charge in [0.05, 0.1) is 0 Å². The fourth-order valence-corrected chi connectivity index (χ4v) is 2.31. The maximum absolute atomic E-state index is 13.1. The number of nitrogens with zero attached hydrogens (tertiary/aromatic N) is 2. The Bertz CT molecular complexity index is 702. The fraction of sp³-hybridized carbons (Fsp3) is 0.200. The third-order valence-corrected chi connectivity index (χ3v) is 3.19. The highest BCUT2D eigenvalue weighted by atomic mass is 19.1. The minimum absolute atomic E-state index is 0.00977. The smallest absolute Gasteiger partial charge is 0.237 e. The molecule has 0 spiro atoms. The van der Waals surface area contributed by atoms with Crippen molar-refractivity contribution in [2.75, 3.05) is 0 Å². The lowest BCUT2D eigenvalue weighted by atomic mass is 10.1. The average Bonchev–Trinajstić information content (AvgIpc) is 2.83. The molecule has 0 fully saturated rings. The summed E-state index contributed by atoms with van der Waals surface area (Å²) in [6, 6.07) is 6.60. The predicted octanol–water partition coefficient (Wildman–Crippen LogP) is 3.51. The summed E-state index contributed by atoms with van der Waals surface area (Å²) in [5.41, 5.74) is 2.20. The Morgan fingerprint density at radius 3 is 2.55 bits per heavy atom. The molecule has 100 valence electrons. The Hall–Kier alpha value is -2.48. The van der Waals surface area contributed by atoms with Gasteiger partial charge >= 0.3 is 0 Å². The van der Waals surface area contributed by atoms with E-state index >= 15 is 0 Å². The zero-order chi connectivity index (χ0) is 14.1. The molecular weight excluding hydrogens is 262 g/mol. The summed E-state index contributed by atoms with van der Waals surface area (Å²) >= 11 is 0. The minimum Gasteiger partial charge on any atom is -0.437 e. The van der Waals surface area contributed by atoms with Crippen molar-refractivity contribution < 1.29 is 13.5 Å². The molecule has 3 rings (SSSR count). The third-order valence-electron chi connectivity index (χ3n) is 3.19. The average molecular weight is 272 g/mol. The van der Waals surface area contributed by atoms with Crippen molar-refractivity contribution in [1.82, 2.24) is 4.98 Å². The van der Waals surface area contributed by atoms with E-state index in [1.54, 1.807) is 6.07 Å². The van der Waals surface area contributed by atoms with Crippen molar-refractivity contribution in [3.05, 3.63) is 52.7 Å². The molecule has 3 nitrogen and oxygen atoms in total. The summed E-state index contributed by atoms with van der Waals surface area (Å²) in [6.45, 7) is 0. The van der Waals surface area contributed by atoms with Crippen LogP contribution >= 0.6 is 0 Å². The molecule has 2 aromatic rings. The predicted molar refractivity (Wildman–Crippen MR) is 67.4 cm³/mol. The minimum atomic E-state index is -0.736. The van der Waals surface area contributed by atoms with Gasteiger partial charge in [-0.25, -0.2) is 13.8 Å². The van der Waals surface area contributed by atoms with Crippen LogP contribution in [0.1, 0.15) is 23.2 Å². The molecule has 0 saturated heterocycles. The van der Waals surface area contributed by atoms with E-state index in [-0.39, 0.29) is 17.2 Å². The first-order valence-corrected chi connectivity index (χ1v) is 6.22. The number of benzene rings is 1. The van der Waals surface area contributed by atoms with Gasteiger partial charge in [0.25, 0.3) is 0 Å². The van der Waals surface area contributed by atoms with Crippen molar-refractivity contribution in [1.29, 1.82) is 5.26 Å². The van der Waals surface area contributed by atoms with Crippen molar-refractivity contribution >= 4 is 0 Å². The van der Waals surface area contributed by atoms with Crippen LogP contribution in [0.2, 0.25) is 0 Å². The maximum atomic E-state index is 13.1. The first-order valence-electron chi connectivity index (χ1n) is 6.22. The van der Waals surface area contributed by atoms with Gasteiger partial charge < -0.3 is 4.74 Å². The normalized spacial score (nSPS) is 12.8. The van der Waals surface area contributed by atoms with E-state index in [4.69, 9.17) is 10.00 Å². The molecule has 0 amide bonds.